The molecule has 1 aromatic heterocycles. The molecule has 0 spiro atoms. The summed E-state index contributed by atoms with van der Waals surface area (Å²) >= 11 is 6.12. The van der Waals surface area contributed by atoms with Crippen molar-refractivity contribution in [2.75, 3.05) is 26.8 Å². The van der Waals surface area contributed by atoms with E-state index in [9.17, 15) is 0 Å². The van der Waals surface area contributed by atoms with Crippen molar-refractivity contribution in [3.63, 3.8) is 0 Å². The van der Waals surface area contributed by atoms with Crippen LogP contribution in [-0.2, 0) is 17.0 Å². The lowest BCUT2D eigenvalue weighted by Gasteiger charge is -2.25. The zero-order valence-corrected chi connectivity index (χ0v) is 11.3. The van der Waals surface area contributed by atoms with Crippen molar-refractivity contribution < 1.29 is 9.13 Å². The number of aromatic nitrogens is 2. The molecular weight excluding hydrogens is 257 g/mol. The van der Waals surface area contributed by atoms with Gasteiger partial charge in [-0.2, -0.15) is 5.10 Å². The quantitative estimate of drug-likeness (QED) is 0.915. The van der Waals surface area contributed by atoms with Crippen molar-refractivity contribution in [2.45, 2.75) is 31.5 Å². The van der Waals surface area contributed by atoms with E-state index in [2.05, 4.69) is 10.4 Å². The first-order valence-corrected chi connectivity index (χ1v) is 6.65. The Hall–Kier alpha value is -0.650. The van der Waals surface area contributed by atoms with Crippen LogP contribution in [0.25, 0.3) is 0 Å². The molecule has 0 aliphatic carbocycles. The SMILES string of the molecule is COCCn1ncc(Cl)c1C1(F)CCCNCC1. The van der Waals surface area contributed by atoms with Crippen molar-refractivity contribution in [1.82, 2.24) is 15.1 Å². The second-order valence-corrected chi connectivity index (χ2v) is 5.03. The van der Waals surface area contributed by atoms with E-state index < -0.39 is 5.67 Å². The van der Waals surface area contributed by atoms with Crippen molar-refractivity contribution in [2.24, 2.45) is 0 Å². The van der Waals surface area contributed by atoms with E-state index in [1.165, 1.54) is 6.20 Å². The standard InChI is InChI=1S/C12H19ClFN3O/c1-18-8-7-17-11(10(13)9-16-17)12(14)3-2-5-15-6-4-12/h9,15H,2-8H2,1H3. The summed E-state index contributed by atoms with van der Waals surface area (Å²) in [7, 11) is 1.62. The van der Waals surface area contributed by atoms with Gasteiger partial charge in [0.1, 0.15) is 0 Å². The minimum Gasteiger partial charge on any atom is -0.383 e. The summed E-state index contributed by atoms with van der Waals surface area (Å²) in [6.45, 7) is 2.55. The lowest BCUT2D eigenvalue weighted by molar-refractivity contribution is 0.124. The molecule has 1 aliphatic heterocycles. The molecule has 0 saturated carbocycles. The first-order chi connectivity index (χ1) is 8.67. The minimum absolute atomic E-state index is 0.413. The largest absolute Gasteiger partial charge is 0.383 e. The maximum Gasteiger partial charge on any atom is 0.155 e. The van der Waals surface area contributed by atoms with Crippen molar-refractivity contribution in [3.05, 3.63) is 16.9 Å². The van der Waals surface area contributed by atoms with Crippen LogP contribution >= 0.6 is 11.6 Å². The summed E-state index contributed by atoms with van der Waals surface area (Å²) in [6, 6.07) is 0. The Morgan fingerprint density at radius 2 is 2.39 bits per heavy atom. The molecule has 6 heteroatoms. The van der Waals surface area contributed by atoms with Crippen LogP contribution in [-0.4, -0.2) is 36.6 Å². The van der Waals surface area contributed by atoms with Gasteiger partial charge in [0.2, 0.25) is 0 Å². The van der Waals surface area contributed by atoms with Crippen molar-refractivity contribution in [1.29, 1.82) is 0 Å². The van der Waals surface area contributed by atoms with Gasteiger partial charge in [-0.1, -0.05) is 11.6 Å². The second kappa shape index (κ2) is 5.99. The molecule has 102 valence electrons. The molecule has 0 bridgehead atoms. The number of ether oxygens (including phenoxy) is 1. The van der Waals surface area contributed by atoms with Crippen LogP contribution in [0.15, 0.2) is 6.20 Å². The zero-order valence-electron chi connectivity index (χ0n) is 10.6. The van der Waals surface area contributed by atoms with Gasteiger partial charge >= 0.3 is 0 Å². The first-order valence-electron chi connectivity index (χ1n) is 6.28. The van der Waals surface area contributed by atoms with Crippen LogP contribution in [0.1, 0.15) is 25.0 Å². The van der Waals surface area contributed by atoms with Gasteiger partial charge in [0.25, 0.3) is 0 Å². The lowest BCUT2D eigenvalue weighted by Crippen LogP contribution is -2.27. The Balaban J connectivity index is 2.26. The smallest absolute Gasteiger partial charge is 0.155 e. The van der Waals surface area contributed by atoms with E-state index in [1.807, 2.05) is 0 Å². The molecular formula is C12H19ClFN3O. The van der Waals surface area contributed by atoms with Gasteiger partial charge in [-0.3, -0.25) is 4.68 Å². The predicted molar refractivity (Wildman–Crippen MR) is 68.6 cm³/mol. The molecule has 1 aromatic rings. The molecule has 1 saturated heterocycles. The number of halogens is 2. The van der Waals surface area contributed by atoms with E-state index in [0.717, 1.165) is 13.0 Å². The summed E-state index contributed by atoms with van der Waals surface area (Å²) in [5.74, 6) is 0. The Morgan fingerprint density at radius 3 is 3.17 bits per heavy atom. The Kier molecular flexibility index (Phi) is 4.59. The van der Waals surface area contributed by atoms with E-state index in [-0.39, 0.29) is 0 Å². The number of hydrogen-bond donors (Lipinski definition) is 1. The molecule has 2 heterocycles. The topological polar surface area (TPSA) is 39.1 Å². The first kappa shape index (κ1) is 13.8. The van der Waals surface area contributed by atoms with Crippen LogP contribution in [0, 0.1) is 0 Å². The maximum atomic E-state index is 15.1. The summed E-state index contributed by atoms with van der Waals surface area (Å²) in [5.41, 5.74) is -0.880. The summed E-state index contributed by atoms with van der Waals surface area (Å²) in [6.07, 6.45) is 3.25. The highest BCUT2D eigenvalue weighted by Crippen LogP contribution is 2.39. The third-order valence-electron chi connectivity index (χ3n) is 3.35. The Morgan fingerprint density at radius 1 is 1.56 bits per heavy atom. The second-order valence-electron chi connectivity index (χ2n) is 4.63. The van der Waals surface area contributed by atoms with E-state index >= 15 is 4.39 Å². The predicted octanol–water partition coefficient (Wildman–Crippen LogP) is 2.12. The molecule has 0 amide bonds. The highest BCUT2D eigenvalue weighted by molar-refractivity contribution is 6.31. The highest BCUT2D eigenvalue weighted by Gasteiger charge is 2.37. The number of nitrogens with zero attached hydrogens (tertiary/aromatic N) is 2. The molecule has 18 heavy (non-hydrogen) atoms. The van der Waals surface area contributed by atoms with Gasteiger partial charge in [-0.25, -0.2) is 4.39 Å². The van der Waals surface area contributed by atoms with Gasteiger partial charge in [-0.05, 0) is 32.4 Å². The van der Waals surface area contributed by atoms with E-state index in [1.54, 1.807) is 11.8 Å². The minimum atomic E-state index is -1.38. The molecule has 1 unspecified atom stereocenters. The van der Waals surface area contributed by atoms with Crippen molar-refractivity contribution in [3.8, 4) is 0 Å². The average Bonchev–Trinajstić information content (AvgIpc) is 2.58. The van der Waals surface area contributed by atoms with E-state index in [4.69, 9.17) is 16.3 Å². The zero-order chi connectivity index (χ0) is 13.0. The summed E-state index contributed by atoms with van der Waals surface area (Å²) < 4.78 is 21.8. The summed E-state index contributed by atoms with van der Waals surface area (Å²) in [5, 5.41) is 7.77. The average molecular weight is 276 g/mol. The monoisotopic (exact) mass is 275 g/mol. The number of rotatable bonds is 4. The van der Waals surface area contributed by atoms with Gasteiger partial charge in [0.15, 0.2) is 5.67 Å². The normalized spacial score (nSPS) is 25.1. The molecule has 4 nitrogen and oxygen atoms in total. The number of alkyl halides is 1. The molecule has 1 N–H and O–H groups in total. The van der Waals surface area contributed by atoms with Crippen LogP contribution in [0.5, 0.6) is 0 Å². The molecule has 1 atom stereocenters. The molecule has 1 aliphatic rings. The fraction of sp³-hybridized carbons (Fsp3) is 0.750. The fourth-order valence-corrected chi connectivity index (χ4v) is 2.73. The molecule has 0 radical (unpaired) electrons. The van der Waals surface area contributed by atoms with Crippen LogP contribution < -0.4 is 5.32 Å². The van der Waals surface area contributed by atoms with Crippen molar-refractivity contribution >= 4 is 11.6 Å². The van der Waals surface area contributed by atoms with Gasteiger partial charge in [0.05, 0.1) is 30.1 Å². The van der Waals surface area contributed by atoms with Crippen LogP contribution in [0.3, 0.4) is 0 Å². The maximum absolute atomic E-state index is 15.1. The molecule has 2 rings (SSSR count). The van der Waals surface area contributed by atoms with E-state index in [0.29, 0.717) is 43.3 Å². The third-order valence-corrected chi connectivity index (χ3v) is 3.63. The number of methoxy groups -OCH3 is 1. The van der Waals surface area contributed by atoms with Gasteiger partial charge in [0, 0.05) is 7.11 Å². The Bertz CT molecular complexity index is 389. The number of hydrogen-bond acceptors (Lipinski definition) is 3. The Labute approximate surface area is 111 Å². The fourth-order valence-electron chi connectivity index (χ4n) is 2.42. The number of nitrogens with one attached hydrogen (secondary N) is 1. The molecule has 0 aromatic carbocycles. The van der Waals surface area contributed by atoms with Crippen LogP contribution in [0.4, 0.5) is 4.39 Å². The lowest BCUT2D eigenvalue weighted by atomic mass is 9.93. The molecule has 1 fully saturated rings. The van der Waals surface area contributed by atoms with Crippen LogP contribution in [0.2, 0.25) is 5.02 Å². The highest BCUT2D eigenvalue weighted by atomic mass is 35.5. The van der Waals surface area contributed by atoms with Gasteiger partial charge in [-0.15, -0.1) is 0 Å². The third kappa shape index (κ3) is 2.84. The summed E-state index contributed by atoms with van der Waals surface area (Å²) in [4.78, 5) is 0. The van der Waals surface area contributed by atoms with Gasteiger partial charge < -0.3 is 10.1 Å².